The van der Waals surface area contributed by atoms with Crippen molar-refractivity contribution in [2.45, 2.75) is 0 Å². The van der Waals surface area contributed by atoms with Crippen molar-refractivity contribution in [1.82, 2.24) is 9.55 Å². The Morgan fingerprint density at radius 3 is 2.55 bits per heavy atom. The maximum absolute atomic E-state index is 12.3. The fourth-order valence-electron chi connectivity index (χ4n) is 2.33. The molecule has 0 amide bonds. The number of aryl methyl sites for hydroxylation is 1. The van der Waals surface area contributed by atoms with Crippen molar-refractivity contribution in [2.75, 3.05) is 7.11 Å². The van der Waals surface area contributed by atoms with Gasteiger partial charge >= 0.3 is 0 Å². The first kappa shape index (κ1) is 14.1. The SMILES string of the molecule is COc1ccc(C=CC(=O)c2nc3ccccc3n2C)cc1. The third-order valence-electron chi connectivity index (χ3n) is 3.55. The first-order chi connectivity index (χ1) is 10.7. The highest BCUT2D eigenvalue weighted by atomic mass is 16.5. The van der Waals surface area contributed by atoms with Crippen LogP contribution in [0.2, 0.25) is 0 Å². The van der Waals surface area contributed by atoms with Crippen molar-refractivity contribution >= 4 is 22.9 Å². The second-order valence-corrected chi connectivity index (χ2v) is 4.95. The summed E-state index contributed by atoms with van der Waals surface area (Å²) in [6.07, 6.45) is 3.32. The molecule has 110 valence electrons. The van der Waals surface area contributed by atoms with Crippen molar-refractivity contribution in [1.29, 1.82) is 0 Å². The van der Waals surface area contributed by atoms with Gasteiger partial charge in [0.1, 0.15) is 5.75 Å². The number of ether oxygens (including phenoxy) is 1. The summed E-state index contributed by atoms with van der Waals surface area (Å²) < 4.78 is 6.92. The monoisotopic (exact) mass is 292 g/mol. The van der Waals surface area contributed by atoms with Gasteiger partial charge in [0.25, 0.3) is 0 Å². The number of hydrogen-bond acceptors (Lipinski definition) is 3. The second kappa shape index (κ2) is 5.85. The molecule has 1 aromatic heterocycles. The lowest BCUT2D eigenvalue weighted by molar-refractivity contribution is 0.103. The molecule has 0 spiro atoms. The lowest BCUT2D eigenvalue weighted by Gasteiger charge is -1.99. The summed E-state index contributed by atoms with van der Waals surface area (Å²) in [5, 5.41) is 0. The number of fused-ring (bicyclic) bond motifs is 1. The van der Waals surface area contributed by atoms with Gasteiger partial charge in [-0.25, -0.2) is 4.98 Å². The molecule has 0 aliphatic carbocycles. The van der Waals surface area contributed by atoms with Gasteiger partial charge in [0.05, 0.1) is 18.1 Å². The van der Waals surface area contributed by atoms with E-state index in [-0.39, 0.29) is 5.78 Å². The molecule has 3 aromatic rings. The van der Waals surface area contributed by atoms with Crippen LogP contribution in [-0.2, 0) is 7.05 Å². The number of imidazole rings is 1. The van der Waals surface area contributed by atoms with Gasteiger partial charge in [0.15, 0.2) is 5.82 Å². The highest BCUT2D eigenvalue weighted by Gasteiger charge is 2.12. The third kappa shape index (κ3) is 2.63. The quantitative estimate of drug-likeness (QED) is 0.546. The lowest BCUT2D eigenvalue weighted by Crippen LogP contribution is -2.04. The van der Waals surface area contributed by atoms with Gasteiger partial charge in [-0.05, 0) is 35.9 Å². The van der Waals surface area contributed by atoms with Gasteiger partial charge in [-0.1, -0.05) is 30.3 Å². The summed E-state index contributed by atoms with van der Waals surface area (Å²) in [6, 6.07) is 15.2. The number of benzene rings is 2. The molecule has 22 heavy (non-hydrogen) atoms. The van der Waals surface area contributed by atoms with E-state index in [4.69, 9.17) is 4.74 Å². The molecule has 0 bridgehead atoms. The number of carbonyl (C=O) groups is 1. The van der Waals surface area contributed by atoms with E-state index in [1.54, 1.807) is 19.3 Å². The van der Waals surface area contributed by atoms with E-state index in [1.165, 1.54) is 0 Å². The minimum Gasteiger partial charge on any atom is -0.497 e. The number of rotatable bonds is 4. The average molecular weight is 292 g/mol. The van der Waals surface area contributed by atoms with Crippen LogP contribution in [0.4, 0.5) is 0 Å². The van der Waals surface area contributed by atoms with Crippen LogP contribution in [0.15, 0.2) is 54.6 Å². The maximum Gasteiger partial charge on any atom is 0.221 e. The number of allylic oxidation sites excluding steroid dienone is 1. The van der Waals surface area contributed by atoms with E-state index in [0.29, 0.717) is 5.82 Å². The van der Waals surface area contributed by atoms with Crippen LogP contribution in [-0.4, -0.2) is 22.4 Å². The molecule has 0 aliphatic rings. The molecule has 0 atom stereocenters. The smallest absolute Gasteiger partial charge is 0.221 e. The van der Waals surface area contributed by atoms with Gasteiger partial charge in [-0.2, -0.15) is 0 Å². The van der Waals surface area contributed by atoms with Gasteiger partial charge in [-0.15, -0.1) is 0 Å². The minimum absolute atomic E-state index is 0.116. The molecule has 0 saturated carbocycles. The molecular weight excluding hydrogens is 276 g/mol. The standard InChI is InChI=1S/C18H16N2O2/c1-20-16-6-4-3-5-15(16)19-18(20)17(21)12-9-13-7-10-14(22-2)11-8-13/h3-12H,1-2H3. The number of nitrogens with zero attached hydrogens (tertiary/aromatic N) is 2. The van der Waals surface area contributed by atoms with Crippen molar-refractivity contribution in [3.63, 3.8) is 0 Å². The maximum atomic E-state index is 12.3. The number of methoxy groups -OCH3 is 1. The molecule has 0 fully saturated rings. The van der Waals surface area contributed by atoms with Crippen LogP contribution in [0.25, 0.3) is 17.1 Å². The zero-order valence-electron chi connectivity index (χ0n) is 12.5. The molecule has 0 aliphatic heterocycles. The fraction of sp³-hybridized carbons (Fsp3) is 0.111. The molecule has 3 rings (SSSR count). The fourth-order valence-corrected chi connectivity index (χ4v) is 2.33. The average Bonchev–Trinajstić information content (AvgIpc) is 2.90. The number of hydrogen-bond donors (Lipinski definition) is 0. The van der Waals surface area contributed by atoms with Crippen LogP contribution in [0.5, 0.6) is 5.75 Å². The summed E-state index contributed by atoms with van der Waals surface area (Å²) >= 11 is 0. The van der Waals surface area contributed by atoms with Crippen LogP contribution in [0.1, 0.15) is 16.2 Å². The number of ketones is 1. The zero-order valence-corrected chi connectivity index (χ0v) is 12.5. The van der Waals surface area contributed by atoms with Gasteiger partial charge in [-0.3, -0.25) is 4.79 Å². The Balaban J connectivity index is 1.86. The summed E-state index contributed by atoms with van der Waals surface area (Å²) in [6.45, 7) is 0. The lowest BCUT2D eigenvalue weighted by atomic mass is 10.2. The van der Waals surface area contributed by atoms with E-state index in [0.717, 1.165) is 22.3 Å². The summed E-state index contributed by atoms with van der Waals surface area (Å²) in [5.74, 6) is 1.11. The zero-order chi connectivity index (χ0) is 15.5. The largest absolute Gasteiger partial charge is 0.497 e. The topological polar surface area (TPSA) is 44.1 Å². The number of carbonyl (C=O) groups excluding carboxylic acids is 1. The summed E-state index contributed by atoms with van der Waals surface area (Å²) in [7, 11) is 3.48. The van der Waals surface area contributed by atoms with Gasteiger partial charge < -0.3 is 9.30 Å². The molecular formula is C18H16N2O2. The highest BCUT2D eigenvalue weighted by Crippen LogP contribution is 2.16. The number of aromatic nitrogens is 2. The Kier molecular flexibility index (Phi) is 3.74. The van der Waals surface area contributed by atoms with Crippen LogP contribution in [0, 0.1) is 0 Å². The minimum atomic E-state index is -0.116. The molecule has 1 heterocycles. The van der Waals surface area contributed by atoms with Crippen molar-refractivity contribution < 1.29 is 9.53 Å². The molecule has 0 saturated heterocycles. The Morgan fingerprint density at radius 1 is 1.14 bits per heavy atom. The Bertz CT molecular complexity index is 845. The first-order valence-corrected chi connectivity index (χ1v) is 6.97. The molecule has 0 radical (unpaired) electrons. The summed E-state index contributed by atoms with van der Waals surface area (Å²) in [4.78, 5) is 16.7. The third-order valence-corrected chi connectivity index (χ3v) is 3.55. The first-order valence-electron chi connectivity index (χ1n) is 6.97. The van der Waals surface area contributed by atoms with Gasteiger partial charge in [0.2, 0.25) is 5.78 Å². The number of para-hydroxylation sites is 2. The van der Waals surface area contributed by atoms with Crippen molar-refractivity contribution in [3.8, 4) is 5.75 Å². The van der Waals surface area contributed by atoms with Crippen molar-refractivity contribution in [3.05, 3.63) is 66.0 Å². The predicted molar refractivity (Wildman–Crippen MR) is 87.1 cm³/mol. The molecule has 0 unspecified atom stereocenters. The molecule has 4 heteroatoms. The molecule has 0 N–H and O–H groups in total. The molecule has 2 aromatic carbocycles. The summed E-state index contributed by atoms with van der Waals surface area (Å²) in [5.41, 5.74) is 2.71. The Morgan fingerprint density at radius 2 is 1.86 bits per heavy atom. The van der Waals surface area contributed by atoms with Crippen molar-refractivity contribution in [2.24, 2.45) is 7.05 Å². The van der Waals surface area contributed by atoms with Crippen LogP contribution < -0.4 is 4.74 Å². The van der Waals surface area contributed by atoms with E-state index in [2.05, 4.69) is 4.98 Å². The van der Waals surface area contributed by atoms with Crippen LogP contribution in [0.3, 0.4) is 0 Å². The Labute approximate surface area is 128 Å². The van der Waals surface area contributed by atoms with E-state index >= 15 is 0 Å². The Hall–Kier alpha value is -2.88. The molecule has 4 nitrogen and oxygen atoms in total. The highest BCUT2D eigenvalue weighted by molar-refractivity contribution is 6.06. The normalized spacial score (nSPS) is 11.2. The predicted octanol–water partition coefficient (Wildman–Crippen LogP) is 3.48. The van der Waals surface area contributed by atoms with E-state index in [9.17, 15) is 4.79 Å². The van der Waals surface area contributed by atoms with Crippen LogP contribution >= 0.6 is 0 Å². The van der Waals surface area contributed by atoms with E-state index in [1.807, 2.05) is 60.1 Å². The van der Waals surface area contributed by atoms with E-state index < -0.39 is 0 Å². The van der Waals surface area contributed by atoms with Gasteiger partial charge in [0, 0.05) is 7.05 Å². The second-order valence-electron chi connectivity index (χ2n) is 4.95.